The van der Waals surface area contributed by atoms with Crippen molar-refractivity contribution in [3.63, 3.8) is 0 Å². The summed E-state index contributed by atoms with van der Waals surface area (Å²) in [6.07, 6.45) is 0. The number of anilines is 1. The zero-order valence-corrected chi connectivity index (χ0v) is 12.8. The molecule has 106 valence electrons. The van der Waals surface area contributed by atoms with Gasteiger partial charge in [-0.2, -0.15) is 0 Å². The van der Waals surface area contributed by atoms with Gasteiger partial charge in [-0.1, -0.05) is 22.0 Å². The zero-order valence-electron chi connectivity index (χ0n) is 11.2. The summed E-state index contributed by atoms with van der Waals surface area (Å²) in [5.74, 6) is 0.788. The van der Waals surface area contributed by atoms with Crippen LogP contribution >= 0.6 is 15.9 Å². The number of hydrogen-bond acceptors (Lipinski definition) is 4. The van der Waals surface area contributed by atoms with Gasteiger partial charge >= 0.3 is 0 Å². The van der Waals surface area contributed by atoms with Crippen LogP contribution in [0.1, 0.15) is 0 Å². The van der Waals surface area contributed by atoms with E-state index in [0.29, 0.717) is 22.3 Å². The largest absolute Gasteiger partial charge is 0.497 e. The van der Waals surface area contributed by atoms with Crippen LogP contribution in [0.5, 0.6) is 5.75 Å². The van der Waals surface area contributed by atoms with Gasteiger partial charge in [0.2, 0.25) is 5.95 Å². The first-order valence-corrected chi connectivity index (χ1v) is 7.01. The first-order chi connectivity index (χ1) is 10.1. The first kappa shape index (κ1) is 13.6. The smallest absolute Gasteiger partial charge is 0.267 e. The highest BCUT2D eigenvalue weighted by molar-refractivity contribution is 9.10. The molecular formula is C15H12BrN3O2. The van der Waals surface area contributed by atoms with Gasteiger partial charge in [0, 0.05) is 10.5 Å². The number of benzene rings is 2. The number of fused-ring (bicyclic) bond motifs is 1. The predicted octanol–water partition coefficient (Wildman–Crippen LogP) is 2.74. The third-order valence-corrected chi connectivity index (χ3v) is 3.66. The van der Waals surface area contributed by atoms with Crippen LogP contribution in [0.25, 0.3) is 16.6 Å². The third-order valence-electron chi connectivity index (χ3n) is 3.17. The average Bonchev–Trinajstić information content (AvgIpc) is 2.48. The Morgan fingerprint density at radius 2 is 2.05 bits per heavy atom. The molecule has 1 aromatic heterocycles. The maximum Gasteiger partial charge on any atom is 0.267 e. The number of nitrogens with zero attached hydrogens (tertiary/aromatic N) is 2. The van der Waals surface area contributed by atoms with Crippen molar-refractivity contribution < 1.29 is 4.74 Å². The van der Waals surface area contributed by atoms with E-state index in [2.05, 4.69) is 20.9 Å². The van der Waals surface area contributed by atoms with Crippen LogP contribution < -0.4 is 16.0 Å². The fraction of sp³-hybridized carbons (Fsp3) is 0.0667. The number of nitrogen functional groups attached to an aromatic ring is 1. The van der Waals surface area contributed by atoms with Crippen molar-refractivity contribution in [3.8, 4) is 11.4 Å². The highest BCUT2D eigenvalue weighted by atomic mass is 79.9. The number of methoxy groups -OCH3 is 1. The summed E-state index contributed by atoms with van der Waals surface area (Å²) in [5, 5.41) is 0.501. The quantitative estimate of drug-likeness (QED) is 0.775. The summed E-state index contributed by atoms with van der Waals surface area (Å²) in [6.45, 7) is 0. The van der Waals surface area contributed by atoms with E-state index >= 15 is 0 Å². The van der Waals surface area contributed by atoms with E-state index < -0.39 is 0 Å². The number of nitrogens with two attached hydrogens (primary N) is 1. The van der Waals surface area contributed by atoms with Crippen LogP contribution in [-0.4, -0.2) is 16.7 Å². The van der Waals surface area contributed by atoms with E-state index in [4.69, 9.17) is 10.5 Å². The molecule has 1 heterocycles. The van der Waals surface area contributed by atoms with Gasteiger partial charge in [-0.25, -0.2) is 9.55 Å². The van der Waals surface area contributed by atoms with Crippen LogP contribution in [0.15, 0.2) is 51.7 Å². The van der Waals surface area contributed by atoms with Crippen molar-refractivity contribution in [2.45, 2.75) is 0 Å². The van der Waals surface area contributed by atoms with Crippen molar-refractivity contribution >= 4 is 32.8 Å². The van der Waals surface area contributed by atoms with E-state index in [0.717, 1.165) is 4.47 Å². The minimum Gasteiger partial charge on any atom is -0.497 e. The van der Waals surface area contributed by atoms with Gasteiger partial charge in [-0.05, 0) is 30.3 Å². The summed E-state index contributed by atoms with van der Waals surface area (Å²) in [4.78, 5) is 17.0. The minimum absolute atomic E-state index is 0.142. The summed E-state index contributed by atoms with van der Waals surface area (Å²) in [7, 11) is 1.57. The van der Waals surface area contributed by atoms with Crippen LogP contribution in [0.4, 0.5) is 5.95 Å². The van der Waals surface area contributed by atoms with E-state index in [9.17, 15) is 4.79 Å². The molecule has 0 unspecified atom stereocenters. The molecule has 6 heteroatoms. The van der Waals surface area contributed by atoms with Crippen molar-refractivity contribution in [1.82, 2.24) is 9.55 Å². The molecule has 2 aromatic carbocycles. The maximum absolute atomic E-state index is 12.7. The molecule has 0 saturated heterocycles. The number of hydrogen-bond donors (Lipinski definition) is 1. The second kappa shape index (κ2) is 5.21. The van der Waals surface area contributed by atoms with Gasteiger partial charge < -0.3 is 10.5 Å². The number of rotatable bonds is 2. The number of aromatic nitrogens is 2. The number of ether oxygens (including phenoxy) is 1. The monoisotopic (exact) mass is 345 g/mol. The topological polar surface area (TPSA) is 70.1 Å². The molecule has 0 aliphatic carbocycles. The molecular weight excluding hydrogens is 334 g/mol. The Hall–Kier alpha value is -2.34. The lowest BCUT2D eigenvalue weighted by atomic mass is 10.2. The molecule has 0 bridgehead atoms. The SMILES string of the molecule is COc1cccc(-n2c(N)nc3ccc(Br)cc3c2=O)c1. The summed E-state index contributed by atoms with van der Waals surface area (Å²) < 4.78 is 7.37. The Kier molecular flexibility index (Phi) is 3.39. The Morgan fingerprint density at radius 3 is 2.81 bits per heavy atom. The molecule has 0 saturated carbocycles. The third kappa shape index (κ3) is 2.38. The van der Waals surface area contributed by atoms with Crippen LogP contribution in [0.2, 0.25) is 0 Å². The Balaban J connectivity index is 2.34. The van der Waals surface area contributed by atoms with Crippen molar-refractivity contribution in [2.24, 2.45) is 0 Å². The molecule has 0 fully saturated rings. The molecule has 3 rings (SSSR count). The maximum atomic E-state index is 12.7. The number of halogens is 1. The van der Waals surface area contributed by atoms with Crippen LogP contribution in [-0.2, 0) is 0 Å². The Labute approximate surface area is 129 Å². The standard InChI is InChI=1S/C15H12BrN3O2/c1-21-11-4-2-3-10(8-11)19-14(20)12-7-9(16)5-6-13(12)18-15(19)17/h2-8H,1H3,(H2,17,18). The molecule has 0 spiro atoms. The summed E-state index contributed by atoms with van der Waals surface area (Å²) in [5.41, 5.74) is 6.92. The normalized spacial score (nSPS) is 10.8. The Bertz CT molecular complexity index is 890. The molecule has 0 atom stereocenters. The van der Waals surface area contributed by atoms with E-state index in [1.807, 2.05) is 6.07 Å². The molecule has 0 amide bonds. The minimum atomic E-state index is -0.216. The lowest BCUT2D eigenvalue weighted by Crippen LogP contribution is -2.23. The lowest BCUT2D eigenvalue weighted by molar-refractivity contribution is 0.414. The van der Waals surface area contributed by atoms with E-state index in [1.54, 1.807) is 43.5 Å². The van der Waals surface area contributed by atoms with Gasteiger partial charge in [0.1, 0.15) is 5.75 Å². The molecule has 3 aromatic rings. The lowest BCUT2D eigenvalue weighted by Gasteiger charge is -2.11. The second-order valence-corrected chi connectivity index (χ2v) is 5.39. The summed E-state index contributed by atoms with van der Waals surface area (Å²) >= 11 is 3.36. The fourth-order valence-corrected chi connectivity index (χ4v) is 2.54. The van der Waals surface area contributed by atoms with Gasteiger partial charge in [-0.3, -0.25) is 4.79 Å². The van der Waals surface area contributed by atoms with Crippen molar-refractivity contribution in [2.75, 3.05) is 12.8 Å². The predicted molar refractivity (Wildman–Crippen MR) is 86.0 cm³/mol. The molecule has 2 N–H and O–H groups in total. The van der Waals surface area contributed by atoms with Crippen molar-refractivity contribution in [1.29, 1.82) is 0 Å². The summed E-state index contributed by atoms with van der Waals surface area (Å²) in [6, 6.07) is 12.4. The average molecular weight is 346 g/mol. The van der Waals surface area contributed by atoms with Crippen molar-refractivity contribution in [3.05, 3.63) is 57.3 Å². The van der Waals surface area contributed by atoms with Gasteiger partial charge in [-0.15, -0.1) is 0 Å². The van der Waals surface area contributed by atoms with E-state index in [-0.39, 0.29) is 11.5 Å². The van der Waals surface area contributed by atoms with Crippen LogP contribution in [0, 0.1) is 0 Å². The Morgan fingerprint density at radius 1 is 1.24 bits per heavy atom. The van der Waals surface area contributed by atoms with Gasteiger partial charge in [0.25, 0.3) is 5.56 Å². The highest BCUT2D eigenvalue weighted by Crippen LogP contribution is 2.20. The van der Waals surface area contributed by atoms with Gasteiger partial charge in [0.15, 0.2) is 0 Å². The molecule has 0 radical (unpaired) electrons. The van der Waals surface area contributed by atoms with E-state index in [1.165, 1.54) is 4.57 Å². The molecule has 21 heavy (non-hydrogen) atoms. The van der Waals surface area contributed by atoms with Crippen LogP contribution in [0.3, 0.4) is 0 Å². The van der Waals surface area contributed by atoms with Gasteiger partial charge in [0.05, 0.1) is 23.7 Å². The zero-order chi connectivity index (χ0) is 15.0. The molecule has 0 aliphatic rings. The molecule has 0 aliphatic heterocycles. The fourth-order valence-electron chi connectivity index (χ4n) is 2.17. The highest BCUT2D eigenvalue weighted by Gasteiger charge is 2.11. The molecule has 5 nitrogen and oxygen atoms in total. The first-order valence-electron chi connectivity index (χ1n) is 6.22. The second-order valence-electron chi connectivity index (χ2n) is 4.47.